The van der Waals surface area contributed by atoms with Gasteiger partial charge in [0.05, 0.1) is 17.9 Å². The van der Waals surface area contributed by atoms with Gasteiger partial charge in [-0.2, -0.15) is 13.2 Å². The van der Waals surface area contributed by atoms with E-state index >= 15 is 0 Å². The van der Waals surface area contributed by atoms with Gasteiger partial charge in [0.1, 0.15) is 4.75 Å². The number of sulfone groups is 1. The average Bonchev–Trinajstić information content (AvgIpc) is 3.44. The lowest BCUT2D eigenvalue weighted by Crippen LogP contribution is -2.68. The van der Waals surface area contributed by atoms with Crippen molar-refractivity contribution in [2.45, 2.75) is 37.1 Å². The highest BCUT2D eigenvalue weighted by atomic mass is 32.2. The molecule has 0 aromatic carbocycles. The number of aliphatic carboxylic acids is 1. The topological polar surface area (TPSA) is 114 Å². The van der Waals surface area contributed by atoms with Crippen LogP contribution in [0.1, 0.15) is 35.2 Å². The molecule has 2 saturated heterocycles. The van der Waals surface area contributed by atoms with Crippen molar-refractivity contribution in [2.75, 3.05) is 32.1 Å². The summed E-state index contributed by atoms with van der Waals surface area (Å²) in [5.74, 6) is -2.02. The standard InChI is InChI=1S/C18H24N2O4S.C2HF3O2/c1-13-6-15(8-19-7-13)17(21)20-11-18(12-20)16(4-5-25(18,22)23)10-24-9-14-2-3-14;3-2(4,5)1(6)7/h6-8,14,16H,2-5,9-12H2,1H3;(H,6,7). The Morgan fingerprint density at radius 3 is 2.38 bits per heavy atom. The molecule has 1 spiro atoms. The smallest absolute Gasteiger partial charge is 0.475 e. The molecule has 3 heterocycles. The molecule has 32 heavy (non-hydrogen) atoms. The lowest BCUT2D eigenvalue weighted by molar-refractivity contribution is -0.192. The molecule has 1 aromatic heterocycles. The predicted octanol–water partition coefficient (Wildman–Crippen LogP) is 2.08. The Hall–Kier alpha value is -2.21. The maximum atomic E-state index is 12.6. The third kappa shape index (κ3) is 5.22. The summed E-state index contributed by atoms with van der Waals surface area (Å²) < 4.78 is 62.0. The van der Waals surface area contributed by atoms with Gasteiger partial charge in [-0.25, -0.2) is 13.2 Å². The molecule has 4 rings (SSSR count). The Kier molecular flexibility index (Phi) is 6.85. The highest BCUT2D eigenvalue weighted by Gasteiger charge is 2.62. The van der Waals surface area contributed by atoms with Gasteiger partial charge in [-0.05, 0) is 43.7 Å². The fourth-order valence-corrected chi connectivity index (χ4v) is 6.37. The second-order valence-corrected chi connectivity index (χ2v) is 11.0. The van der Waals surface area contributed by atoms with Gasteiger partial charge in [0.15, 0.2) is 9.84 Å². The zero-order chi connectivity index (χ0) is 23.7. The van der Waals surface area contributed by atoms with Crippen molar-refractivity contribution in [3.8, 4) is 0 Å². The summed E-state index contributed by atoms with van der Waals surface area (Å²) >= 11 is 0. The number of carboxylic acid groups (broad SMARTS) is 1. The number of carbonyl (C=O) groups is 2. The third-order valence-corrected chi connectivity index (χ3v) is 8.64. The van der Waals surface area contributed by atoms with Gasteiger partial charge in [0, 0.05) is 38.0 Å². The lowest BCUT2D eigenvalue weighted by Gasteiger charge is -2.49. The van der Waals surface area contributed by atoms with Crippen molar-refractivity contribution >= 4 is 21.7 Å². The van der Waals surface area contributed by atoms with E-state index in [0.29, 0.717) is 24.5 Å². The number of nitrogens with zero attached hydrogens (tertiary/aromatic N) is 2. The first-order valence-corrected chi connectivity index (χ1v) is 11.8. The van der Waals surface area contributed by atoms with Crippen molar-refractivity contribution < 1.29 is 41.0 Å². The largest absolute Gasteiger partial charge is 0.490 e. The molecule has 1 unspecified atom stereocenters. The van der Waals surface area contributed by atoms with Crippen LogP contribution in [0.4, 0.5) is 13.2 Å². The molecule has 1 aliphatic carbocycles. The Labute approximate surface area is 183 Å². The molecular weight excluding hydrogens is 453 g/mol. The molecule has 3 aliphatic rings. The van der Waals surface area contributed by atoms with E-state index < -0.39 is 26.7 Å². The van der Waals surface area contributed by atoms with Crippen LogP contribution >= 0.6 is 0 Å². The Bertz CT molecular complexity index is 972. The van der Waals surface area contributed by atoms with E-state index in [2.05, 4.69) is 4.98 Å². The first kappa shape index (κ1) is 24.4. The number of likely N-dealkylation sites (tertiary alicyclic amines) is 1. The van der Waals surface area contributed by atoms with Crippen LogP contribution in [0.15, 0.2) is 18.5 Å². The minimum Gasteiger partial charge on any atom is -0.475 e. The molecule has 1 amide bonds. The number of hydrogen-bond acceptors (Lipinski definition) is 6. The summed E-state index contributed by atoms with van der Waals surface area (Å²) in [6, 6.07) is 1.79. The number of alkyl halides is 3. The number of aryl methyl sites for hydroxylation is 1. The van der Waals surface area contributed by atoms with Crippen LogP contribution in [0.5, 0.6) is 0 Å². The maximum Gasteiger partial charge on any atom is 0.490 e. The minimum absolute atomic E-state index is 0.00376. The summed E-state index contributed by atoms with van der Waals surface area (Å²) in [5, 5.41) is 7.12. The van der Waals surface area contributed by atoms with Gasteiger partial charge in [-0.3, -0.25) is 9.78 Å². The second-order valence-electron chi connectivity index (χ2n) is 8.57. The van der Waals surface area contributed by atoms with E-state index in [0.717, 1.165) is 12.2 Å². The molecule has 178 valence electrons. The van der Waals surface area contributed by atoms with Gasteiger partial charge in [0.2, 0.25) is 0 Å². The Morgan fingerprint density at radius 2 is 1.84 bits per heavy atom. The number of ether oxygens (including phenoxy) is 1. The Balaban J connectivity index is 0.000000360. The highest BCUT2D eigenvalue weighted by Crippen LogP contribution is 2.45. The number of pyridine rings is 1. The molecule has 1 saturated carbocycles. The van der Waals surface area contributed by atoms with Gasteiger partial charge in [0.25, 0.3) is 5.91 Å². The molecule has 3 fully saturated rings. The number of halogens is 3. The van der Waals surface area contributed by atoms with E-state index in [-0.39, 0.29) is 30.7 Å². The summed E-state index contributed by atoms with van der Waals surface area (Å²) in [5.41, 5.74) is 1.44. The van der Waals surface area contributed by atoms with Crippen molar-refractivity contribution in [1.29, 1.82) is 0 Å². The fraction of sp³-hybridized carbons (Fsp3) is 0.650. The summed E-state index contributed by atoms with van der Waals surface area (Å²) in [4.78, 5) is 27.2. The Morgan fingerprint density at radius 1 is 1.22 bits per heavy atom. The van der Waals surface area contributed by atoms with Crippen molar-refractivity contribution in [3.63, 3.8) is 0 Å². The predicted molar refractivity (Wildman–Crippen MR) is 107 cm³/mol. The van der Waals surface area contributed by atoms with Gasteiger partial charge >= 0.3 is 12.1 Å². The molecule has 8 nitrogen and oxygen atoms in total. The van der Waals surface area contributed by atoms with Crippen LogP contribution in [-0.4, -0.2) is 78.3 Å². The van der Waals surface area contributed by atoms with Gasteiger partial charge < -0.3 is 14.7 Å². The molecule has 0 radical (unpaired) electrons. The quantitative estimate of drug-likeness (QED) is 0.689. The van der Waals surface area contributed by atoms with Gasteiger partial charge in [-0.1, -0.05) is 0 Å². The number of aromatic nitrogens is 1. The monoisotopic (exact) mass is 478 g/mol. The van der Waals surface area contributed by atoms with Crippen LogP contribution in [0.25, 0.3) is 0 Å². The summed E-state index contributed by atoms with van der Waals surface area (Å²) in [7, 11) is -3.18. The first-order valence-electron chi connectivity index (χ1n) is 10.2. The van der Waals surface area contributed by atoms with E-state index in [1.165, 1.54) is 12.8 Å². The minimum atomic E-state index is -5.08. The maximum absolute atomic E-state index is 12.6. The third-order valence-electron chi connectivity index (χ3n) is 6.04. The normalized spacial score (nSPS) is 23.2. The van der Waals surface area contributed by atoms with Crippen LogP contribution < -0.4 is 0 Å². The highest BCUT2D eigenvalue weighted by molar-refractivity contribution is 7.93. The van der Waals surface area contributed by atoms with Crippen LogP contribution in [0, 0.1) is 18.8 Å². The van der Waals surface area contributed by atoms with E-state index in [1.807, 2.05) is 6.92 Å². The zero-order valence-electron chi connectivity index (χ0n) is 17.5. The van der Waals surface area contributed by atoms with Crippen LogP contribution in [-0.2, 0) is 19.4 Å². The fourth-order valence-electron chi connectivity index (χ4n) is 3.97. The number of carbonyl (C=O) groups excluding carboxylic acids is 1. The second kappa shape index (κ2) is 8.97. The number of amides is 1. The molecule has 12 heteroatoms. The molecule has 0 bridgehead atoms. The molecule has 1 N–H and O–H groups in total. The van der Waals surface area contributed by atoms with E-state index in [4.69, 9.17) is 14.6 Å². The molecule has 2 aliphatic heterocycles. The molecule has 1 atom stereocenters. The number of hydrogen-bond donors (Lipinski definition) is 1. The first-order chi connectivity index (χ1) is 14.9. The SMILES string of the molecule is Cc1cncc(C(=O)N2CC3(C2)C(COCC2CC2)CCS3(=O)=O)c1.O=C(O)C(F)(F)F. The lowest BCUT2D eigenvalue weighted by atomic mass is 9.83. The van der Waals surface area contributed by atoms with Crippen LogP contribution in [0.2, 0.25) is 0 Å². The van der Waals surface area contributed by atoms with E-state index in [9.17, 15) is 26.4 Å². The van der Waals surface area contributed by atoms with Crippen LogP contribution in [0.3, 0.4) is 0 Å². The van der Waals surface area contributed by atoms with Crippen molar-refractivity contribution in [3.05, 3.63) is 29.6 Å². The number of rotatable bonds is 5. The zero-order valence-corrected chi connectivity index (χ0v) is 18.3. The number of carboxylic acids is 1. The summed E-state index contributed by atoms with van der Waals surface area (Å²) in [6.07, 6.45) is 1.24. The molecular formula is C20H25F3N2O6S. The van der Waals surface area contributed by atoms with Crippen molar-refractivity contribution in [2.24, 2.45) is 11.8 Å². The van der Waals surface area contributed by atoms with E-state index in [1.54, 1.807) is 23.4 Å². The van der Waals surface area contributed by atoms with Gasteiger partial charge in [-0.15, -0.1) is 0 Å². The summed E-state index contributed by atoms with van der Waals surface area (Å²) in [6.45, 7) is 3.67. The van der Waals surface area contributed by atoms with Crippen molar-refractivity contribution in [1.82, 2.24) is 9.88 Å². The average molecular weight is 478 g/mol. The molecule has 1 aromatic rings.